The van der Waals surface area contributed by atoms with E-state index in [0.29, 0.717) is 5.75 Å². The van der Waals surface area contributed by atoms with Gasteiger partial charge in [-0.3, -0.25) is 4.79 Å². The largest absolute Gasteiger partial charge is 0.323 e. The summed E-state index contributed by atoms with van der Waals surface area (Å²) in [5.74, 6) is -1.36. The van der Waals surface area contributed by atoms with Gasteiger partial charge >= 0.3 is 0 Å². The Morgan fingerprint density at radius 2 is 2.07 bits per heavy atom. The van der Waals surface area contributed by atoms with E-state index in [4.69, 9.17) is 0 Å². The van der Waals surface area contributed by atoms with Crippen LogP contribution in [0.3, 0.4) is 0 Å². The molecule has 0 fully saturated rings. The van der Waals surface area contributed by atoms with E-state index in [0.717, 1.165) is 12.1 Å². The van der Waals surface area contributed by atoms with Crippen LogP contribution in [0.2, 0.25) is 0 Å². The first-order valence-corrected chi connectivity index (χ1v) is 5.52. The van der Waals surface area contributed by atoms with Gasteiger partial charge < -0.3 is 5.32 Å². The highest BCUT2D eigenvalue weighted by Crippen LogP contribution is 2.23. The Balaban J connectivity index is 2.86. The number of hydrogen-bond acceptors (Lipinski definition) is 2. The van der Waals surface area contributed by atoms with Crippen LogP contribution in [0.25, 0.3) is 0 Å². The van der Waals surface area contributed by atoms with Crippen molar-refractivity contribution in [3.05, 3.63) is 28.2 Å². The Bertz CT molecular complexity index is 387. The minimum Gasteiger partial charge on any atom is -0.323 e. The molecule has 0 aromatic heterocycles. The zero-order chi connectivity index (χ0) is 11.4. The van der Waals surface area contributed by atoms with E-state index < -0.39 is 17.5 Å². The smallest absolute Gasteiger partial charge is 0.225 e. The van der Waals surface area contributed by atoms with Crippen molar-refractivity contribution in [2.45, 2.75) is 6.42 Å². The number of carbonyl (C=O) groups excluding carboxylic acids is 1. The molecular weight excluding hydrogens is 288 g/mol. The molecule has 0 aliphatic rings. The molecule has 0 aliphatic carbocycles. The highest BCUT2D eigenvalue weighted by atomic mass is 79.9. The van der Waals surface area contributed by atoms with Gasteiger partial charge in [0.2, 0.25) is 5.91 Å². The molecule has 1 N–H and O–H groups in total. The Morgan fingerprint density at radius 3 is 2.67 bits per heavy atom. The molecule has 1 aromatic rings. The maximum Gasteiger partial charge on any atom is 0.225 e. The number of rotatable bonds is 3. The van der Waals surface area contributed by atoms with Crippen LogP contribution in [-0.2, 0) is 4.79 Å². The number of anilines is 1. The molecule has 0 unspecified atom stereocenters. The van der Waals surface area contributed by atoms with E-state index in [9.17, 15) is 13.6 Å². The van der Waals surface area contributed by atoms with Gasteiger partial charge in [0.15, 0.2) is 0 Å². The second kappa shape index (κ2) is 5.46. The fourth-order valence-electron chi connectivity index (χ4n) is 0.933. The summed E-state index contributed by atoms with van der Waals surface area (Å²) in [5, 5.41) is 2.26. The lowest BCUT2D eigenvalue weighted by atomic mass is 10.3. The SMILES string of the molecule is O=C(CCS)Nc1cc(F)c(Br)cc1F. The van der Waals surface area contributed by atoms with E-state index in [1.165, 1.54) is 0 Å². The van der Waals surface area contributed by atoms with Crippen molar-refractivity contribution >= 4 is 40.2 Å². The van der Waals surface area contributed by atoms with Crippen molar-refractivity contribution in [3.8, 4) is 0 Å². The first kappa shape index (κ1) is 12.4. The van der Waals surface area contributed by atoms with Crippen LogP contribution >= 0.6 is 28.6 Å². The summed E-state index contributed by atoms with van der Waals surface area (Å²) >= 11 is 6.69. The number of carbonyl (C=O) groups is 1. The van der Waals surface area contributed by atoms with Crippen molar-refractivity contribution in [2.24, 2.45) is 0 Å². The minimum absolute atomic E-state index is 0.0206. The predicted octanol–water partition coefficient (Wildman–Crippen LogP) is 2.99. The number of nitrogens with one attached hydrogen (secondary N) is 1. The third-order valence-corrected chi connectivity index (χ3v) is 2.45. The third-order valence-electron chi connectivity index (χ3n) is 1.62. The van der Waals surface area contributed by atoms with Gasteiger partial charge in [-0.15, -0.1) is 0 Å². The quantitative estimate of drug-likeness (QED) is 0.651. The molecule has 1 aromatic carbocycles. The number of amides is 1. The molecule has 0 atom stereocenters. The van der Waals surface area contributed by atoms with E-state index in [1.54, 1.807) is 0 Å². The molecule has 1 amide bonds. The Hall–Kier alpha value is -0.620. The minimum atomic E-state index is -0.684. The fraction of sp³-hybridized carbons (Fsp3) is 0.222. The molecule has 0 spiro atoms. The highest BCUT2D eigenvalue weighted by Gasteiger charge is 2.10. The summed E-state index contributed by atoms with van der Waals surface area (Å²) in [4.78, 5) is 11.1. The zero-order valence-corrected chi connectivity index (χ0v) is 10.0. The molecule has 0 heterocycles. The van der Waals surface area contributed by atoms with Crippen LogP contribution in [0, 0.1) is 11.6 Å². The molecule has 0 aliphatic heterocycles. The maximum atomic E-state index is 13.2. The summed E-state index contributed by atoms with van der Waals surface area (Å²) < 4.78 is 26.2. The van der Waals surface area contributed by atoms with Crippen molar-refractivity contribution in [2.75, 3.05) is 11.1 Å². The van der Waals surface area contributed by atoms with Gasteiger partial charge in [0.1, 0.15) is 11.6 Å². The first-order chi connectivity index (χ1) is 7.04. The molecule has 2 nitrogen and oxygen atoms in total. The average molecular weight is 296 g/mol. The van der Waals surface area contributed by atoms with Crippen LogP contribution in [0.15, 0.2) is 16.6 Å². The number of benzene rings is 1. The highest BCUT2D eigenvalue weighted by molar-refractivity contribution is 9.10. The Labute approximate surface area is 99.6 Å². The van der Waals surface area contributed by atoms with E-state index in [1.807, 2.05) is 0 Å². The summed E-state index contributed by atoms with van der Waals surface area (Å²) in [6.45, 7) is 0. The van der Waals surface area contributed by atoms with E-state index in [2.05, 4.69) is 33.9 Å². The van der Waals surface area contributed by atoms with Gasteiger partial charge in [-0.25, -0.2) is 8.78 Å². The lowest BCUT2D eigenvalue weighted by Crippen LogP contribution is -2.13. The van der Waals surface area contributed by atoms with Crippen LogP contribution in [0.1, 0.15) is 6.42 Å². The van der Waals surface area contributed by atoms with Gasteiger partial charge in [0.05, 0.1) is 10.2 Å². The molecule has 15 heavy (non-hydrogen) atoms. The monoisotopic (exact) mass is 295 g/mol. The predicted molar refractivity (Wildman–Crippen MR) is 61.2 cm³/mol. The van der Waals surface area contributed by atoms with E-state index >= 15 is 0 Å². The number of thiol groups is 1. The number of halogens is 3. The maximum absolute atomic E-state index is 13.2. The van der Waals surface area contributed by atoms with Gasteiger partial charge in [-0.2, -0.15) is 12.6 Å². The zero-order valence-electron chi connectivity index (χ0n) is 7.56. The molecule has 0 saturated heterocycles. The molecule has 0 radical (unpaired) electrons. The summed E-state index contributed by atoms with van der Waals surface area (Å²) in [7, 11) is 0. The van der Waals surface area contributed by atoms with Crippen LogP contribution in [-0.4, -0.2) is 11.7 Å². The molecule has 0 saturated carbocycles. The van der Waals surface area contributed by atoms with Crippen molar-refractivity contribution in [1.82, 2.24) is 0 Å². The van der Waals surface area contributed by atoms with Crippen LogP contribution in [0.4, 0.5) is 14.5 Å². The van der Waals surface area contributed by atoms with Crippen molar-refractivity contribution in [1.29, 1.82) is 0 Å². The molecule has 82 valence electrons. The second-order valence-electron chi connectivity index (χ2n) is 2.77. The van der Waals surface area contributed by atoms with Crippen molar-refractivity contribution in [3.63, 3.8) is 0 Å². The molecule has 1 rings (SSSR count). The van der Waals surface area contributed by atoms with Crippen molar-refractivity contribution < 1.29 is 13.6 Å². The normalized spacial score (nSPS) is 10.1. The van der Waals surface area contributed by atoms with Gasteiger partial charge in [0.25, 0.3) is 0 Å². The van der Waals surface area contributed by atoms with Gasteiger partial charge in [0, 0.05) is 12.5 Å². The molecule has 0 bridgehead atoms. The Kier molecular flexibility index (Phi) is 4.53. The van der Waals surface area contributed by atoms with Gasteiger partial charge in [-0.1, -0.05) is 0 Å². The average Bonchev–Trinajstić information content (AvgIpc) is 2.14. The first-order valence-electron chi connectivity index (χ1n) is 4.10. The second-order valence-corrected chi connectivity index (χ2v) is 4.07. The van der Waals surface area contributed by atoms with Crippen LogP contribution < -0.4 is 5.32 Å². The number of hydrogen-bond donors (Lipinski definition) is 2. The summed E-state index contributed by atoms with van der Waals surface area (Å²) in [6, 6.07) is 1.89. The summed E-state index contributed by atoms with van der Waals surface area (Å²) in [6.07, 6.45) is 0.153. The lowest BCUT2D eigenvalue weighted by Gasteiger charge is -2.06. The lowest BCUT2D eigenvalue weighted by molar-refractivity contribution is -0.115. The Morgan fingerprint density at radius 1 is 1.40 bits per heavy atom. The standard InChI is InChI=1S/C9H8BrF2NOS/c10-5-3-7(12)8(4-6(5)11)13-9(14)1-2-15/h3-4,15H,1-2H2,(H,13,14). The van der Waals surface area contributed by atoms with Crippen LogP contribution in [0.5, 0.6) is 0 Å². The summed E-state index contributed by atoms with van der Waals surface area (Å²) in [5.41, 5.74) is -0.164. The third kappa shape index (κ3) is 3.46. The molecular formula is C9H8BrF2NOS. The fourth-order valence-corrected chi connectivity index (χ4v) is 1.45. The topological polar surface area (TPSA) is 29.1 Å². The van der Waals surface area contributed by atoms with Gasteiger partial charge in [-0.05, 0) is 27.7 Å². The van der Waals surface area contributed by atoms with E-state index in [-0.39, 0.29) is 16.6 Å². The molecule has 6 heteroatoms.